The van der Waals surface area contributed by atoms with Crippen molar-refractivity contribution in [1.29, 1.82) is 0 Å². The van der Waals surface area contributed by atoms with Crippen LogP contribution in [0.5, 0.6) is 0 Å². The summed E-state index contributed by atoms with van der Waals surface area (Å²) >= 11 is 0. The Morgan fingerprint density at radius 1 is 1.05 bits per heavy atom. The largest absolute Gasteiger partial charge is 0.363 e. The molecular weight excluding hydrogens is 556 g/mol. The number of allylic oxidation sites excluding steroid dienone is 1. The molecule has 0 saturated carbocycles. The van der Waals surface area contributed by atoms with Crippen LogP contribution in [0.2, 0.25) is 0 Å². The summed E-state index contributed by atoms with van der Waals surface area (Å²) in [5.41, 5.74) is 9.92. The van der Waals surface area contributed by atoms with E-state index in [9.17, 15) is 13.0 Å². The van der Waals surface area contributed by atoms with Crippen LogP contribution in [0.4, 0.5) is 5.69 Å². The van der Waals surface area contributed by atoms with Crippen molar-refractivity contribution in [1.82, 2.24) is 4.57 Å². The molecule has 6 rings (SSSR count). The lowest BCUT2D eigenvalue weighted by atomic mass is 9.68. The molecule has 0 atom stereocenters. The fourth-order valence-electron chi connectivity index (χ4n) is 7.72. The van der Waals surface area contributed by atoms with Gasteiger partial charge in [-0.05, 0) is 111 Å². The fraction of sp³-hybridized carbons (Fsp3) is 0.486. The quantitative estimate of drug-likeness (QED) is 0.247. The van der Waals surface area contributed by atoms with E-state index in [2.05, 4.69) is 105 Å². The van der Waals surface area contributed by atoms with Gasteiger partial charge in [0.05, 0.1) is 35.8 Å². The van der Waals surface area contributed by atoms with E-state index < -0.39 is 10.1 Å². The minimum absolute atomic E-state index is 0.0789. The number of nitrogens with zero attached hydrogens (tertiary/aromatic N) is 4. The van der Waals surface area contributed by atoms with E-state index in [-0.39, 0.29) is 16.7 Å². The third-order valence-corrected chi connectivity index (χ3v) is 10.6. The Labute approximate surface area is 256 Å². The zero-order valence-electron chi connectivity index (χ0n) is 26.7. The maximum Gasteiger partial charge on any atom is 0.289 e. The van der Waals surface area contributed by atoms with Crippen LogP contribution in [0.25, 0.3) is 11.1 Å². The van der Waals surface area contributed by atoms with Crippen molar-refractivity contribution in [2.75, 3.05) is 23.7 Å². The van der Waals surface area contributed by atoms with Crippen molar-refractivity contribution < 1.29 is 17.5 Å². The van der Waals surface area contributed by atoms with Gasteiger partial charge in [0.2, 0.25) is 0 Å². The number of aryl methyl sites for hydroxylation is 3. The zero-order valence-corrected chi connectivity index (χ0v) is 27.5. The van der Waals surface area contributed by atoms with Gasteiger partial charge in [0, 0.05) is 29.8 Å². The Bertz CT molecular complexity index is 1900. The van der Waals surface area contributed by atoms with Gasteiger partial charge < -0.3 is 4.90 Å². The van der Waals surface area contributed by atoms with E-state index in [0.29, 0.717) is 19.4 Å². The SMILES string of the molecule is CCN1c2cc3c(cc2C(C)=CC1(C)C)C(c1n(CCCCS(=O)(=O)O)cc[n+]1C)=c1cc2c(cc1C3(C)C)=NCCC2. The number of anilines is 1. The number of rotatable bonds is 7. The standard InChI is InChI=1S/C35H44N4O3S/c1-8-39-31-21-29-27(19-25(31)23(2)22-34(39,3)4)32(33-37(7)15-16-38(33)14-9-10-17-43(40,41)42)26-18-24-12-11-13-36-30(24)20-28(26)35(29,5)6/h15-16,18-22H,8-14,17H2,1-7H3/p+1. The average Bonchev–Trinajstić information content (AvgIpc) is 3.29. The molecule has 0 radical (unpaired) electrons. The van der Waals surface area contributed by atoms with E-state index in [0.717, 1.165) is 37.1 Å². The molecule has 1 N–H and O–H groups in total. The van der Waals surface area contributed by atoms with Crippen molar-refractivity contribution in [3.63, 3.8) is 0 Å². The van der Waals surface area contributed by atoms with Gasteiger partial charge in [0.1, 0.15) is 12.4 Å². The molecule has 0 unspecified atom stereocenters. The Kier molecular flexibility index (Phi) is 7.24. The van der Waals surface area contributed by atoms with Gasteiger partial charge in [-0.25, -0.2) is 9.13 Å². The van der Waals surface area contributed by atoms with Gasteiger partial charge in [0.15, 0.2) is 0 Å². The molecule has 0 saturated heterocycles. The summed E-state index contributed by atoms with van der Waals surface area (Å²) < 4.78 is 36.4. The normalized spacial score (nSPS) is 18.3. The second-order valence-corrected chi connectivity index (χ2v) is 15.1. The number of benzene rings is 2. The third kappa shape index (κ3) is 5.06. The Morgan fingerprint density at radius 2 is 1.81 bits per heavy atom. The van der Waals surface area contributed by atoms with Gasteiger partial charge in [-0.1, -0.05) is 19.9 Å². The van der Waals surface area contributed by atoms with Crippen molar-refractivity contribution in [3.05, 3.63) is 87.0 Å². The van der Waals surface area contributed by atoms with Crippen LogP contribution < -0.4 is 20.0 Å². The lowest BCUT2D eigenvalue weighted by Gasteiger charge is -2.44. The first-order valence-electron chi connectivity index (χ1n) is 15.6. The molecule has 228 valence electrons. The monoisotopic (exact) mass is 601 g/mol. The molecule has 1 aromatic heterocycles. The first kappa shape index (κ1) is 29.8. The highest BCUT2D eigenvalue weighted by Gasteiger charge is 2.40. The van der Waals surface area contributed by atoms with Crippen LogP contribution in [0.3, 0.4) is 0 Å². The molecular formula is C35H45N4O3S+. The highest BCUT2D eigenvalue weighted by atomic mass is 32.2. The Hall–Kier alpha value is -3.23. The fourth-order valence-corrected chi connectivity index (χ4v) is 8.29. The summed E-state index contributed by atoms with van der Waals surface area (Å²) in [6, 6.07) is 9.62. The molecule has 43 heavy (non-hydrogen) atoms. The highest BCUT2D eigenvalue weighted by molar-refractivity contribution is 7.85. The summed E-state index contributed by atoms with van der Waals surface area (Å²) in [6.07, 6.45) is 9.72. The van der Waals surface area contributed by atoms with Crippen LogP contribution in [0.15, 0.2) is 47.7 Å². The lowest BCUT2D eigenvalue weighted by Crippen LogP contribution is -2.46. The second-order valence-electron chi connectivity index (χ2n) is 13.6. The van der Waals surface area contributed by atoms with Crippen LogP contribution in [0, 0.1) is 0 Å². The molecule has 0 spiro atoms. The molecule has 2 aliphatic heterocycles. The lowest BCUT2D eigenvalue weighted by molar-refractivity contribution is -0.673. The van der Waals surface area contributed by atoms with Gasteiger partial charge in [-0.2, -0.15) is 8.42 Å². The summed E-state index contributed by atoms with van der Waals surface area (Å²) in [5.74, 6) is 0.881. The number of likely N-dealkylation sites (N-methyl/N-ethyl adjacent to an activating group) is 1. The number of hydrogen-bond donors (Lipinski definition) is 1. The molecule has 3 aliphatic rings. The minimum Gasteiger partial charge on any atom is -0.363 e. The first-order chi connectivity index (χ1) is 20.2. The molecule has 7 nitrogen and oxygen atoms in total. The van der Waals surface area contributed by atoms with Crippen LogP contribution in [0.1, 0.15) is 94.4 Å². The van der Waals surface area contributed by atoms with E-state index in [1.807, 2.05) is 0 Å². The van der Waals surface area contributed by atoms with E-state index in [4.69, 9.17) is 4.99 Å². The predicted octanol–water partition coefficient (Wildman–Crippen LogP) is 4.45. The smallest absolute Gasteiger partial charge is 0.289 e. The maximum atomic E-state index is 11.4. The highest BCUT2D eigenvalue weighted by Crippen LogP contribution is 2.47. The van der Waals surface area contributed by atoms with Crippen molar-refractivity contribution >= 4 is 27.0 Å². The molecule has 2 aromatic carbocycles. The Balaban J connectivity index is 1.65. The Morgan fingerprint density at radius 3 is 2.53 bits per heavy atom. The second kappa shape index (κ2) is 10.4. The number of unbranched alkanes of at least 4 members (excludes halogenated alkanes) is 1. The minimum atomic E-state index is -3.97. The van der Waals surface area contributed by atoms with Crippen molar-refractivity contribution in [3.8, 4) is 0 Å². The molecule has 0 fully saturated rings. The van der Waals surface area contributed by atoms with Crippen molar-refractivity contribution in [2.24, 2.45) is 12.0 Å². The topological polar surface area (TPSA) is 78.8 Å². The summed E-state index contributed by atoms with van der Waals surface area (Å²) in [7, 11) is -1.88. The molecule has 3 aromatic rings. The van der Waals surface area contributed by atoms with E-state index in [1.165, 1.54) is 49.9 Å². The average molecular weight is 602 g/mol. The number of hydrogen-bond acceptors (Lipinski definition) is 4. The van der Waals surface area contributed by atoms with Crippen LogP contribution in [-0.2, 0) is 35.5 Å². The molecule has 0 amide bonds. The molecule has 8 heteroatoms. The van der Waals surface area contributed by atoms with Gasteiger partial charge in [-0.15, -0.1) is 0 Å². The van der Waals surface area contributed by atoms with E-state index >= 15 is 0 Å². The summed E-state index contributed by atoms with van der Waals surface area (Å²) in [5, 5.41) is 2.38. The number of aromatic nitrogens is 2. The van der Waals surface area contributed by atoms with E-state index in [1.54, 1.807) is 0 Å². The van der Waals surface area contributed by atoms with Gasteiger partial charge in [0.25, 0.3) is 15.9 Å². The van der Waals surface area contributed by atoms with Crippen LogP contribution >= 0.6 is 0 Å². The summed E-state index contributed by atoms with van der Waals surface area (Å²) in [6.45, 7) is 16.2. The third-order valence-electron chi connectivity index (χ3n) is 9.77. The predicted molar refractivity (Wildman–Crippen MR) is 173 cm³/mol. The number of fused-ring (bicyclic) bond motifs is 4. The molecule has 1 aliphatic carbocycles. The van der Waals surface area contributed by atoms with Gasteiger partial charge in [-0.3, -0.25) is 9.55 Å². The van der Waals surface area contributed by atoms with Gasteiger partial charge >= 0.3 is 0 Å². The molecule has 0 bridgehead atoms. The van der Waals surface area contributed by atoms with Crippen LogP contribution in [-0.4, -0.2) is 41.9 Å². The summed E-state index contributed by atoms with van der Waals surface area (Å²) in [4.78, 5) is 7.45. The zero-order chi connectivity index (χ0) is 30.9. The van der Waals surface area contributed by atoms with Crippen molar-refractivity contribution in [2.45, 2.75) is 84.7 Å². The number of imidazole rings is 1. The molecule has 3 heterocycles. The maximum absolute atomic E-state index is 11.4. The first-order valence-corrected chi connectivity index (χ1v) is 17.2.